The highest BCUT2D eigenvalue weighted by molar-refractivity contribution is 7.98. The van der Waals surface area contributed by atoms with Crippen molar-refractivity contribution >= 4 is 16.7 Å². The van der Waals surface area contributed by atoms with Crippen LogP contribution in [0.3, 0.4) is 0 Å². The van der Waals surface area contributed by atoms with Crippen molar-refractivity contribution in [3.63, 3.8) is 0 Å². The number of carbonyl (C=O) groups excluding carboxylic acids is 1. The van der Waals surface area contributed by atoms with Gasteiger partial charge in [-0.15, -0.1) is 0 Å². The van der Waals surface area contributed by atoms with Gasteiger partial charge in [-0.05, 0) is 24.3 Å². The molecule has 4 heteroatoms. The maximum atomic E-state index is 12.7. The van der Waals surface area contributed by atoms with Crippen LogP contribution in [0.1, 0.15) is 24.2 Å². The first-order valence-corrected chi connectivity index (χ1v) is 8.29. The molecule has 0 aromatic heterocycles. The van der Waals surface area contributed by atoms with Crippen molar-refractivity contribution < 1.29 is 14.6 Å². The van der Waals surface area contributed by atoms with E-state index in [0.717, 1.165) is 24.7 Å². The second kappa shape index (κ2) is 6.44. The lowest BCUT2D eigenvalue weighted by molar-refractivity contribution is 0.0972. The van der Waals surface area contributed by atoms with E-state index < -0.39 is 0 Å². The summed E-state index contributed by atoms with van der Waals surface area (Å²) < 4.78 is 5.39. The molecule has 0 aliphatic carbocycles. The molecule has 2 rings (SSSR count). The number of phenols is 1. The summed E-state index contributed by atoms with van der Waals surface area (Å²) in [6.07, 6.45) is 0. The van der Waals surface area contributed by atoms with Crippen LogP contribution in [0.5, 0.6) is 5.75 Å². The summed E-state index contributed by atoms with van der Waals surface area (Å²) in [7, 11) is 0.114. The van der Waals surface area contributed by atoms with Crippen molar-refractivity contribution in [1.29, 1.82) is 0 Å². The molecule has 1 aromatic rings. The minimum atomic E-state index is 0.0773. The second-order valence-electron chi connectivity index (χ2n) is 5.13. The molecule has 1 aromatic carbocycles. The third-order valence-corrected chi connectivity index (χ3v) is 6.21. The molecule has 1 aliphatic rings. The molecule has 1 heterocycles. The molecule has 1 atom stereocenters. The van der Waals surface area contributed by atoms with Crippen LogP contribution >= 0.6 is 0 Å². The first-order chi connectivity index (χ1) is 9.09. The van der Waals surface area contributed by atoms with Crippen molar-refractivity contribution in [2.24, 2.45) is 5.92 Å². The zero-order valence-corrected chi connectivity index (χ0v) is 12.3. The monoisotopic (exact) mass is 281 g/mol. The normalized spacial score (nSPS) is 18.5. The summed E-state index contributed by atoms with van der Waals surface area (Å²) in [4.78, 5) is 12.7. The third-order valence-electron chi connectivity index (χ3n) is 3.35. The van der Waals surface area contributed by atoms with Crippen LogP contribution in [0.25, 0.3) is 0 Å². The standard InChI is InChI=1S/C15H20O3S/c1-11(2)15(19-9-7-18-8-10-19)14(17)12-3-5-13(16)6-4-12/h3-6,11,15H,7-10H2,1-2H3/p+1. The van der Waals surface area contributed by atoms with Gasteiger partial charge in [0.05, 0.1) is 13.2 Å². The number of benzene rings is 1. The Kier molecular flexibility index (Phi) is 4.88. The van der Waals surface area contributed by atoms with E-state index in [1.807, 2.05) is 0 Å². The van der Waals surface area contributed by atoms with Crippen LogP contribution in [0.4, 0.5) is 0 Å². The number of carbonyl (C=O) groups is 1. The van der Waals surface area contributed by atoms with Gasteiger partial charge < -0.3 is 9.84 Å². The Morgan fingerprint density at radius 1 is 1.21 bits per heavy atom. The smallest absolute Gasteiger partial charge is 0.215 e. The van der Waals surface area contributed by atoms with Gasteiger partial charge in [0.2, 0.25) is 5.78 Å². The van der Waals surface area contributed by atoms with E-state index in [2.05, 4.69) is 13.8 Å². The first-order valence-electron chi connectivity index (χ1n) is 6.67. The van der Waals surface area contributed by atoms with E-state index in [9.17, 15) is 9.90 Å². The van der Waals surface area contributed by atoms with Crippen molar-refractivity contribution in [2.75, 3.05) is 24.7 Å². The van der Waals surface area contributed by atoms with Crippen LogP contribution in [0.15, 0.2) is 24.3 Å². The van der Waals surface area contributed by atoms with Gasteiger partial charge in [-0.2, -0.15) is 0 Å². The van der Waals surface area contributed by atoms with Gasteiger partial charge in [0.1, 0.15) is 17.3 Å². The van der Waals surface area contributed by atoms with E-state index in [0.29, 0.717) is 11.5 Å². The molecule has 0 radical (unpaired) electrons. The average Bonchev–Trinajstić information content (AvgIpc) is 2.40. The van der Waals surface area contributed by atoms with Crippen molar-refractivity contribution in [2.45, 2.75) is 19.1 Å². The van der Waals surface area contributed by atoms with Crippen molar-refractivity contribution in [3.05, 3.63) is 29.8 Å². The Morgan fingerprint density at radius 3 is 2.32 bits per heavy atom. The van der Waals surface area contributed by atoms with Gasteiger partial charge in [0.15, 0.2) is 5.25 Å². The molecule has 3 nitrogen and oxygen atoms in total. The summed E-state index contributed by atoms with van der Waals surface area (Å²) in [5, 5.41) is 9.39. The Hall–Kier alpha value is -1.00. The molecule has 0 bridgehead atoms. The van der Waals surface area contributed by atoms with Crippen molar-refractivity contribution in [3.8, 4) is 5.75 Å². The van der Waals surface area contributed by atoms with E-state index in [1.165, 1.54) is 0 Å². The van der Waals surface area contributed by atoms with Gasteiger partial charge in [0.25, 0.3) is 0 Å². The zero-order chi connectivity index (χ0) is 13.8. The van der Waals surface area contributed by atoms with E-state index >= 15 is 0 Å². The highest BCUT2D eigenvalue weighted by Crippen LogP contribution is 2.23. The lowest BCUT2D eigenvalue weighted by Crippen LogP contribution is -2.42. The minimum Gasteiger partial charge on any atom is -0.508 e. The Labute approximate surface area is 117 Å². The molecular formula is C15H21O3S+. The summed E-state index contributed by atoms with van der Waals surface area (Å²) in [6.45, 7) is 5.78. The number of aromatic hydroxyl groups is 1. The third kappa shape index (κ3) is 3.51. The van der Waals surface area contributed by atoms with Crippen LogP contribution < -0.4 is 0 Å². The van der Waals surface area contributed by atoms with Gasteiger partial charge >= 0.3 is 0 Å². The number of Topliss-reactive ketones (excluding diaryl/α,β-unsaturated/α-hetero) is 1. The van der Waals surface area contributed by atoms with Gasteiger partial charge in [0, 0.05) is 22.4 Å². The fourth-order valence-corrected chi connectivity index (χ4v) is 5.00. The topological polar surface area (TPSA) is 46.5 Å². The lowest BCUT2D eigenvalue weighted by Gasteiger charge is -2.24. The zero-order valence-electron chi connectivity index (χ0n) is 11.5. The molecule has 1 fully saturated rings. The minimum absolute atomic E-state index is 0.0773. The fraction of sp³-hybridized carbons (Fsp3) is 0.533. The number of ketones is 1. The van der Waals surface area contributed by atoms with E-state index in [1.54, 1.807) is 24.3 Å². The number of phenolic OH excluding ortho intramolecular Hbond substituents is 1. The molecule has 1 aliphatic heterocycles. The quantitative estimate of drug-likeness (QED) is 0.680. The van der Waals surface area contributed by atoms with Gasteiger partial charge in [-0.1, -0.05) is 13.8 Å². The summed E-state index contributed by atoms with van der Waals surface area (Å²) >= 11 is 0. The molecule has 0 saturated carbocycles. The van der Waals surface area contributed by atoms with Crippen LogP contribution in [0, 0.1) is 5.92 Å². The van der Waals surface area contributed by atoms with Crippen LogP contribution in [0.2, 0.25) is 0 Å². The number of ether oxygens (including phenoxy) is 1. The van der Waals surface area contributed by atoms with E-state index in [-0.39, 0.29) is 27.7 Å². The lowest BCUT2D eigenvalue weighted by atomic mass is 10.0. The fourth-order valence-electron chi connectivity index (χ4n) is 2.42. The summed E-state index contributed by atoms with van der Waals surface area (Å²) in [5.74, 6) is 2.73. The second-order valence-corrected chi connectivity index (χ2v) is 7.53. The van der Waals surface area contributed by atoms with Crippen LogP contribution in [-0.4, -0.2) is 40.9 Å². The van der Waals surface area contributed by atoms with E-state index in [4.69, 9.17) is 4.74 Å². The first kappa shape index (κ1) is 14.4. The molecule has 1 N–H and O–H groups in total. The maximum Gasteiger partial charge on any atom is 0.215 e. The SMILES string of the molecule is CC(C)C(C(=O)c1ccc(O)cc1)[S+]1CCOCC1. The number of hydrogen-bond acceptors (Lipinski definition) is 3. The predicted molar refractivity (Wildman–Crippen MR) is 79.0 cm³/mol. The molecule has 0 amide bonds. The number of hydrogen-bond donors (Lipinski definition) is 1. The maximum absolute atomic E-state index is 12.7. The Balaban J connectivity index is 2.18. The highest BCUT2D eigenvalue weighted by Gasteiger charge is 2.40. The van der Waals surface area contributed by atoms with Gasteiger partial charge in [-0.3, -0.25) is 4.79 Å². The Bertz CT molecular complexity index is 422. The van der Waals surface area contributed by atoms with Crippen LogP contribution in [-0.2, 0) is 15.6 Å². The number of rotatable bonds is 4. The Morgan fingerprint density at radius 2 is 1.79 bits per heavy atom. The molecule has 104 valence electrons. The molecule has 19 heavy (non-hydrogen) atoms. The molecular weight excluding hydrogens is 260 g/mol. The highest BCUT2D eigenvalue weighted by atomic mass is 32.2. The molecule has 1 unspecified atom stereocenters. The molecule has 1 saturated heterocycles. The predicted octanol–water partition coefficient (Wildman–Crippen LogP) is 2.25. The average molecular weight is 281 g/mol. The van der Waals surface area contributed by atoms with Crippen molar-refractivity contribution in [1.82, 2.24) is 0 Å². The van der Waals surface area contributed by atoms with Gasteiger partial charge in [-0.25, -0.2) is 0 Å². The summed E-state index contributed by atoms with van der Waals surface area (Å²) in [6, 6.07) is 6.60. The largest absolute Gasteiger partial charge is 0.508 e. The molecule has 0 spiro atoms. The summed E-state index contributed by atoms with van der Waals surface area (Å²) in [5.41, 5.74) is 0.704.